The van der Waals surface area contributed by atoms with E-state index in [4.69, 9.17) is 5.11 Å². The van der Waals surface area contributed by atoms with Gasteiger partial charge in [0, 0.05) is 24.0 Å². The number of carbonyl (C=O) groups is 2. The van der Waals surface area contributed by atoms with Crippen LogP contribution < -0.4 is 10.7 Å². The fraction of sp³-hybridized carbons (Fsp3) is 0.500. The molecule has 0 aromatic carbocycles. The summed E-state index contributed by atoms with van der Waals surface area (Å²) < 4.78 is 0. The number of aromatic nitrogens is 1. The normalized spacial score (nSPS) is 12.8. The molecule has 6 nitrogen and oxygen atoms in total. The van der Waals surface area contributed by atoms with Gasteiger partial charge in [-0.1, -0.05) is 20.8 Å². The SMILES string of the molecule is Cc1cc(=O)c(C(=O)NC(CC(=O)O)C(C)(C)C)c[nH]1. The van der Waals surface area contributed by atoms with E-state index in [0.717, 1.165) is 0 Å². The number of carboxylic acids is 1. The standard InChI is InChI=1S/C14H20N2O4/c1-8-5-10(17)9(7-15-8)13(20)16-11(6-12(18)19)14(2,3)4/h5,7,11H,6H2,1-4H3,(H,15,17)(H,16,20)(H,18,19). The van der Waals surface area contributed by atoms with Gasteiger partial charge in [-0.15, -0.1) is 0 Å². The Balaban J connectivity index is 2.96. The van der Waals surface area contributed by atoms with Crippen LogP contribution in [0.2, 0.25) is 0 Å². The Morgan fingerprint density at radius 1 is 1.40 bits per heavy atom. The van der Waals surface area contributed by atoms with Crippen molar-refractivity contribution >= 4 is 11.9 Å². The maximum absolute atomic E-state index is 12.1. The van der Waals surface area contributed by atoms with E-state index < -0.39 is 23.3 Å². The Bertz CT molecular complexity index is 569. The van der Waals surface area contributed by atoms with Gasteiger partial charge in [-0.3, -0.25) is 14.4 Å². The number of pyridine rings is 1. The van der Waals surface area contributed by atoms with Crippen molar-refractivity contribution in [3.05, 3.63) is 33.7 Å². The van der Waals surface area contributed by atoms with Crippen molar-refractivity contribution in [2.45, 2.75) is 40.2 Å². The highest BCUT2D eigenvalue weighted by molar-refractivity contribution is 5.94. The molecule has 0 aliphatic carbocycles. The van der Waals surface area contributed by atoms with Crippen molar-refractivity contribution < 1.29 is 14.7 Å². The first-order valence-electron chi connectivity index (χ1n) is 6.33. The minimum atomic E-state index is -0.997. The van der Waals surface area contributed by atoms with Crippen LogP contribution in [0.25, 0.3) is 0 Å². The van der Waals surface area contributed by atoms with Crippen molar-refractivity contribution in [2.75, 3.05) is 0 Å². The number of carbonyl (C=O) groups excluding carboxylic acids is 1. The largest absolute Gasteiger partial charge is 0.481 e. The van der Waals surface area contributed by atoms with Crippen LogP contribution in [0.5, 0.6) is 0 Å². The van der Waals surface area contributed by atoms with Crippen molar-refractivity contribution in [2.24, 2.45) is 5.41 Å². The smallest absolute Gasteiger partial charge is 0.305 e. The molecule has 110 valence electrons. The molecule has 0 bridgehead atoms. The van der Waals surface area contributed by atoms with Crippen LogP contribution in [-0.2, 0) is 4.79 Å². The third-order valence-corrected chi connectivity index (χ3v) is 3.03. The molecule has 1 amide bonds. The summed E-state index contributed by atoms with van der Waals surface area (Å²) in [6.45, 7) is 7.21. The molecule has 0 saturated heterocycles. The zero-order valence-electron chi connectivity index (χ0n) is 12.1. The highest BCUT2D eigenvalue weighted by Gasteiger charge is 2.29. The Morgan fingerprint density at radius 2 is 2.00 bits per heavy atom. The summed E-state index contributed by atoms with van der Waals surface area (Å²) in [6, 6.07) is 0.770. The van der Waals surface area contributed by atoms with E-state index in [1.54, 1.807) is 6.92 Å². The Labute approximate surface area is 117 Å². The number of aryl methyl sites for hydroxylation is 1. The Hall–Kier alpha value is -2.11. The molecular weight excluding hydrogens is 260 g/mol. The second-order valence-corrected chi connectivity index (χ2v) is 5.88. The van der Waals surface area contributed by atoms with E-state index in [-0.39, 0.29) is 17.4 Å². The summed E-state index contributed by atoms with van der Waals surface area (Å²) in [5, 5.41) is 11.5. The van der Waals surface area contributed by atoms with Gasteiger partial charge in [0.1, 0.15) is 5.56 Å². The van der Waals surface area contributed by atoms with E-state index in [2.05, 4.69) is 10.3 Å². The molecule has 6 heteroatoms. The van der Waals surface area contributed by atoms with Crippen molar-refractivity contribution in [1.29, 1.82) is 0 Å². The van der Waals surface area contributed by atoms with Gasteiger partial charge >= 0.3 is 5.97 Å². The van der Waals surface area contributed by atoms with E-state index in [1.807, 2.05) is 20.8 Å². The van der Waals surface area contributed by atoms with Crippen LogP contribution >= 0.6 is 0 Å². The lowest BCUT2D eigenvalue weighted by atomic mass is 9.84. The molecule has 1 heterocycles. The minimum Gasteiger partial charge on any atom is -0.481 e. The van der Waals surface area contributed by atoms with Crippen LogP contribution in [0.3, 0.4) is 0 Å². The highest BCUT2D eigenvalue weighted by Crippen LogP contribution is 2.22. The molecule has 3 N–H and O–H groups in total. The average Bonchev–Trinajstić information content (AvgIpc) is 2.25. The van der Waals surface area contributed by atoms with E-state index in [0.29, 0.717) is 5.69 Å². The number of nitrogens with one attached hydrogen (secondary N) is 2. The van der Waals surface area contributed by atoms with Crippen LogP contribution in [-0.4, -0.2) is 28.0 Å². The lowest BCUT2D eigenvalue weighted by molar-refractivity contribution is -0.138. The van der Waals surface area contributed by atoms with Gasteiger partial charge in [-0.2, -0.15) is 0 Å². The molecule has 0 aliphatic heterocycles. The van der Waals surface area contributed by atoms with Crippen molar-refractivity contribution in [3.8, 4) is 0 Å². The summed E-state index contributed by atoms with van der Waals surface area (Å²) in [5.74, 6) is -1.56. The van der Waals surface area contributed by atoms with Gasteiger partial charge in [0.15, 0.2) is 5.43 Å². The van der Waals surface area contributed by atoms with Gasteiger partial charge in [-0.05, 0) is 12.3 Å². The van der Waals surface area contributed by atoms with Crippen LogP contribution in [0, 0.1) is 12.3 Å². The summed E-state index contributed by atoms with van der Waals surface area (Å²) >= 11 is 0. The number of H-pyrrole nitrogens is 1. The predicted molar refractivity (Wildman–Crippen MR) is 74.8 cm³/mol. The van der Waals surface area contributed by atoms with E-state index >= 15 is 0 Å². The number of carboxylic acid groups (broad SMARTS) is 1. The minimum absolute atomic E-state index is 0.0183. The summed E-state index contributed by atoms with van der Waals surface area (Å²) in [6.07, 6.45) is 1.15. The zero-order chi connectivity index (χ0) is 15.5. The maximum atomic E-state index is 12.1. The van der Waals surface area contributed by atoms with Gasteiger partial charge < -0.3 is 15.4 Å². The molecule has 1 atom stereocenters. The van der Waals surface area contributed by atoms with Crippen molar-refractivity contribution in [3.63, 3.8) is 0 Å². The molecule has 1 rings (SSSR count). The number of amides is 1. The maximum Gasteiger partial charge on any atom is 0.305 e. The summed E-state index contributed by atoms with van der Waals surface area (Å²) in [4.78, 5) is 37.5. The van der Waals surface area contributed by atoms with Crippen LogP contribution in [0.4, 0.5) is 0 Å². The monoisotopic (exact) mass is 280 g/mol. The lowest BCUT2D eigenvalue weighted by Gasteiger charge is -2.30. The molecule has 1 aromatic heterocycles. The Kier molecular flexibility index (Phi) is 4.70. The highest BCUT2D eigenvalue weighted by atomic mass is 16.4. The van der Waals surface area contributed by atoms with Gasteiger partial charge in [-0.25, -0.2) is 0 Å². The molecule has 1 aromatic rings. The second-order valence-electron chi connectivity index (χ2n) is 5.88. The molecule has 0 fully saturated rings. The average molecular weight is 280 g/mol. The van der Waals surface area contributed by atoms with Gasteiger partial charge in [0.25, 0.3) is 5.91 Å². The van der Waals surface area contributed by atoms with Crippen LogP contribution in [0.1, 0.15) is 43.2 Å². The topological polar surface area (TPSA) is 99.3 Å². The number of hydrogen-bond acceptors (Lipinski definition) is 3. The number of rotatable bonds is 4. The van der Waals surface area contributed by atoms with Gasteiger partial charge in [0.2, 0.25) is 0 Å². The van der Waals surface area contributed by atoms with Crippen LogP contribution in [0.15, 0.2) is 17.1 Å². The third kappa shape index (κ3) is 4.22. The molecule has 0 spiro atoms. The summed E-state index contributed by atoms with van der Waals surface area (Å²) in [7, 11) is 0. The molecule has 1 unspecified atom stereocenters. The molecule has 0 aliphatic rings. The van der Waals surface area contributed by atoms with E-state index in [1.165, 1.54) is 12.3 Å². The Morgan fingerprint density at radius 3 is 2.45 bits per heavy atom. The first-order chi connectivity index (χ1) is 9.11. The number of aliphatic carboxylic acids is 1. The third-order valence-electron chi connectivity index (χ3n) is 3.03. The lowest BCUT2D eigenvalue weighted by Crippen LogP contribution is -2.46. The fourth-order valence-corrected chi connectivity index (χ4v) is 1.73. The predicted octanol–water partition coefficient (Wildman–Crippen LogP) is 1.30. The first kappa shape index (κ1) is 15.9. The number of hydrogen-bond donors (Lipinski definition) is 3. The first-order valence-corrected chi connectivity index (χ1v) is 6.33. The quantitative estimate of drug-likeness (QED) is 0.774. The molecule has 0 saturated carbocycles. The van der Waals surface area contributed by atoms with Crippen molar-refractivity contribution in [1.82, 2.24) is 10.3 Å². The second kappa shape index (κ2) is 5.90. The number of aromatic amines is 1. The van der Waals surface area contributed by atoms with E-state index in [9.17, 15) is 14.4 Å². The fourth-order valence-electron chi connectivity index (χ4n) is 1.73. The van der Waals surface area contributed by atoms with Gasteiger partial charge in [0.05, 0.1) is 6.42 Å². The summed E-state index contributed by atoms with van der Waals surface area (Å²) in [5.41, 5.74) is -0.174. The molecular formula is C14H20N2O4. The molecule has 20 heavy (non-hydrogen) atoms. The zero-order valence-corrected chi connectivity index (χ0v) is 12.1. The molecule has 0 radical (unpaired) electrons.